The third-order valence-electron chi connectivity index (χ3n) is 4.83. The van der Waals surface area contributed by atoms with Crippen LogP contribution in [0.2, 0.25) is 0 Å². The molecule has 1 aliphatic carbocycles. The van der Waals surface area contributed by atoms with E-state index in [4.69, 9.17) is 0 Å². The lowest BCUT2D eigenvalue weighted by Crippen LogP contribution is -2.33. The van der Waals surface area contributed by atoms with E-state index in [0.717, 1.165) is 44.5 Å². The Morgan fingerprint density at radius 1 is 1.32 bits per heavy atom. The fourth-order valence-electron chi connectivity index (χ4n) is 3.37. The maximum atomic E-state index is 12.7. The van der Waals surface area contributed by atoms with Gasteiger partial charge in [0, 0.05) is 12.5 Å². The van der Waals surface area contributed by atoms with Crippen LogP contribution in [0.1, 0.15) is 30.4 Å². The lowest BCUT2D eigenvalue weighted by molar-refractivity contribution is -0.137. The Morgan fingerprint density at radius 2 is 2.05 bits per heavy atom. The van der Waals surface area contributed by atoms with Gasteiger partial charge in [0.05, 0.1) is 5.56 Å². The number of benzene rings is 1. The summed E-state index contributed by atoms with van der Waals surface area (Å²) in [6.07, 6.45) is -1.43. The zero-order chi connectivity index (χ0) is 15.8. The van der Waals surface area contributed by atoms with Gasteiger partial charge in [-0.05, 0) is 55.5 Å². The molecular weight excluding hydrogens is 293 g/mol. The number of amides is 1. The molecule has 1 saturated carbocycles. The van der Waals surface area contributed by atoms with E-state index in [2.05, 4.69) is 10.6 Å². The van der Waals surface area contributed by atoms with Gasteiger partial charge >= 0.3 is 6.18 Å². The van der Waals surface area contributed by atoms with Gasteiger partial charge in [-0.3, -0.25) is 4.79 Å². The van der Waals surface area contributed by atoms with Gasteiger partial charge in [0.15, 0.2) is 0 Å². The number of hydrogen-bond donors (Lipinski definition) is 2. The van der Waals surface area contributed by atoms with Crippen molar-refractivity contribution in [1.82, 2.24) is 10.6 Å². The molecule has 22 heavy (non-hydrogen) atoms. The van der Waals surface area contributed by atoms with E-state index in [1.165, 1.54) is 6.07 Å². The summed E-state index contributed by atoms with van der Waals surface area (Å²) < 4.78 is 38.0. The van der Waals surface area contributed by atoms with Crippen LogP contribution in [0.5, 0.6) is 0 Å². The Balaban J connectivity index is 1.56. The molecule has 1 heterocycles. The molecule has 3 rings (SSSR count). The van der Waals surface area contributed by atoms with Gasteiger partial charge < -0.3 is 10.6 Å². The van der Waals surface area contributed by atoms with Crippen molar-refractivity contribution in [3.63, 3.8) is 0 Å². The summed E-state index contributed by atoms with van der Waals surface area (Å²) in [6, 6.07) is 5.10. The maximum Gasteiger partial charge on any atom is 0.416 e. The van der Waals surface area contributed by atoms with Crippen molar-refractivity contribution in [2.45, 2.75) is 32.0 Å². The summed E-state index contributed by atoms with van der Waals surface area (Å²) in [5, 5.41) is 6.06. The minimum Gasteiger partial charge on any atom is -0.352 e. The molecule has 0 aromatic heterocycles. The summed E-state index contributed by atoms with van der Waals surface area (Å²) >= 11 is 0. The van der Waals surface area contributed by atoms with Crippen LogP contribution in [0, 0.1) is 11.3 Å². The predicted molar refractivity (Wildman–Crippen MR) is 75.9 cm³/mol. The SMILES string of the molecule is O=C(NCc1cccc(C(F)(F)F)c1)[C@H]1CC12CCNCC2. The maximum absolute atomic E-state index is 12.7. The number of piperidine rings is 1. The summed E-state index contributed by atoms with van der Waals surface area (Å²) in [5.74, 6) is -0.000268. The smallest absolute Gasteiger partial charge is 0.352 e. The van der Waals surface area contributed by atoms with Crippen molar-refractivity contribution in [1.29, 1.82) is 0 Å². The molecule has 6 heteroatoms. The normalized spacial score (nSPS) is 23.3. The standard InChI is InChI=1S/C16H19F3N2O/c17-16(18,19)12-3-1-2-11(8-12)10-21-14(22)13-9-15(13)4-6-20-7-5-15/h1-3,8,13,20H,4-7,9-10H2,(H,21,22)/t13-/m1/s1. The molecule has 1 saturated heterocycles. The first-order valence-corrected chi connectivity index (χ1v) is 7.55. The number of halogens is 3. The van der Waals surface area contributed by atoms with Gasteiger partial charge in [-0.25, -0.2) is 0 Å². The van der Waals surface area contributed by atoms with E-state index in [1.807, 2.05) is 0 Å². The van der Waals surface area contributed by atoms with Crippen LogP contribution >= 0.6 is 0 Å². The molecule has 3 nitrogen and oxygen atoms in total. The largest absolute Gasteiger partial charge is 0.416 e. The Labute approximate surface area is 127 Å². The zero-order valence-electron chi connectivity index (χ0n) is 12.2. The third-order valence-corrected chi connectivity index (χ3v) is 4.83. The van der Waals surface area contributed by atoms with Crippen molar-refractivity contribution >= 4 is 5.91 Å². The van der Waals surface area contributed by atoms with Crippen LogP contribution < -0.4 is 10.6 Å². The predicted octanol–water partition coefficient (Wildman–Crippen LogP) is 2.71. The second-order valence-corrected chi connectivity index (χ2v) is 6.29. The van der Waals surface area contributed by atoms with E-state index in [1.54, 1.807) is 6.07 Å². The molecule has 0 bridgehead atoms. The van der Waals surface area contributed by atoms with E-state index in [-0.39, 0.29) is 23.8 Å². The molecule has 1 aliphatic heterocycles. The van der Waals surface area contributed by atoms with Gasteiger partial charge in [-0.2, -0.15) is 13.2 Å². The van der Waals surface area contributed by atoms with Crippen molar-refractivity contribution < 1.29 is 18.0 Å². The van der Waals surface area contributed by atoms with Gasteiger partial charge in [-0.15, -0.1) is 0 Å². The van der Waals surface area contributed by atoms with E-state index < -0.39 is 11.7 Å². The quantitative estimate of drug-likeness (QED) is 0.901. The van der Waals surface area contributed by atoms with Crippen LogP contribution in [0.4, 0.5) is 13.2 Å². The van der Waals surface area contributed by atoms with Crippen LogP contribution in [0.3, 0.4) is 0 Å². The van der Waals surface area contributed by atoms with Crippen LogP contribution in [-0.4, -0.2) is 19.0 Å². The van der Waals surface area contributed by atoms with Crippen molar-refractivity contribution in [3.05, 3.63) is 35.4 Å². The van der Waals surface area contributed by atoms with E-state index in [0.29, 0.717) is 5.56 Å². The number of alkyl halides is 3. The number of hydrogen-bond acceptors (Lipinski definition) is 2. The Kier molecular flexibility index (Phi) is 3.89. The Bertz CT molecular complexity index is 565. The van der Waals surface area contributed by atoms with Crippen LogP contribution in [0.25, 0.3) is 0 Å². The zero-order valence-corrected chi connectivity index (χ0v) is 12.2. The lowest BCUT2D eigenvalue weighted by atomic mass is 9.92. The molecule has 1 amide bonds. The van der Waals surface area contributed by atoms with Gasteiger partial charge in [-0.1, -0.05) is 12.1 Å². The molecule has 1 aromatic carbocycles. The fraction of sp³-hybridized carbons (Fsp3) is 0.562. The molecule has 1 atom stereocenters. The summed E-state index contributed by atoms with van der Waals surface area (Å²) in [4.78, 5) is 12.2. The van der Waals surface area contributed by atoms with Crippen molar-refractivity contribution in [3.8, 4) is 0 Å². The lowest BCUT2D eigenvalue weighted by Gasteiger charge is -2.23. The summed E-state index contributed by atoms with van der Waals surface area (Å²) in [6.45, 7) is 2.03. The summed E-state index contributed by atoms with van der Waals surface area (Å²) in [7, 11) is 0. The molecule has 1 spiro atoms. The minimum absolute atomic E-state index is 0.0281. The second kappa shape index (κ2) is 5.57. The average Bonchev–Trinajstić information content (AvgIpc) is 3.18. The highest BCUT2D eigenvalue weighted by molar-refractivity contribution is 5.82. The second-order valence-electron chi connectivity index (χ2n) is 6.29. The highest BCUT2D eigenvalue weighted by atomic mass is 19.4. The van der Waals surface area contributed by atoms with E-state index in [9.17, 15) is 18.0 Å². The third kappa shape index (κ3) is 3.11. The topological polar surface area (TPSA) is 41.1 Å². The number of carbonyl (C=O) groups is 1. The number of nitrogens with one attached hydrogen (secondary N) is 2. The van der Waals surface area contributed by atoms with Crippen LogP contribution in [-0.2, 0) is 17.5 Å². The van der Waals surface area contributed by atoms with Gasteiger partial charge in [0.1, 0.15) is 0 Å². The molecule has 2 N–H and O–H groups in total. The molecule has 120 valence electrons. The first-order valence-electron chi connectivity index (χ1n) is 7.55. The molecule has 2 aliphatic rings. The first kappa shape index (κ1) is 15.3. The van der Waals surface area contributed by atoms with Crippen LogP contribution in [0.15, 0.2) is 24.3 Å². The minimum atomic E-state index is -4.35. The molecule has 0 radical (unpaired) electrons. The molecular formula is C16H19F3N2O. The number of rotatable bonds is 3. The van der Waals surface area contributed by atoms with Crippen molar-refractivity contribution in [2.24, 2.45) is 11.3 Å². The van der Waals surface area contributed by atoms with E-state index >= 15 is 0 Å². The van der Waals surface area contributed by atoms with Crippen molar-refractivity contribution in [2.75, 3.05) is 13.1 Å². The van der Waals surface area contributed by atoms with Gasteiger partial charge in [0.2, 0.25) is 5.91 Å². The first-order chi connectivity index (χ1) is 10.4. The highest BCUT2D eigenvalue weighted by Gasteiger charge is 2.57. The monoisotopic (exact) mass is 312 g/mol. The Morgan fingerprint density at radius 3 is 2.73 bits per heavy atom. The average molecular weight is 312 g/mol. The fourth-order valence-corrected chi connectivity index (χ4v) is 3.37. The summed E-state index contributed by atoms with van der Waals surface area (Å²) in [5.41, 5.74) is -0.0629. The molecule has 0 unspecified atom stereocenters. The molecule has 1 aromatic rings. The van der Waals surface area contributed by atoms with Gasteiger partial charge in [0.25, 0.3) is 0 Å². The highest BCUT2D eigenvalue weighted by Crippen LogP contribution is 2.58. The number of carbonyl (C=O) groups excluding carboxylic acids is 1. The Hall–Kier alpha value is -1.56. The molecule has 2 fully saturated rings.